The van der Waals surface area contributed by atoms with Crippen LogP contribution >= 0.6 is 0 Å². The van der Waals surface area contributed by atoms with Gasteiger partial charge in [-0.1, -0.05) is 0 Å². The van der Waals surface area contributed by atoms with Gasteiger partial charge in [0.2, 0.25) is 0 Å². The second-order valence-electron chi connectivity index (χ2n) is 2.73. The van der Waals surface area contributed by atoms with E-state index in [-0.39, 0.29) is 0 Å². The molecule has 0 aromatic carbocycles. The number of rotatable bonds is 1. The second kappa shape index (κ2) is 11.1. The van der Waals surface area contributed by atoms with Crippen LogP contribution in [0.5, 0.6) is 0 Å². The second-order valence-corrected chi connectivity index (χ2v) is 2.73. The summed E-state index contributed by atoms with van der Waals surface area (Å²) in [5, 5.41) is 1.32. The molecule has 0 aromatic rings. The Hall–Kier alpha value is 1.19. The summed E-state index contributed by atoms with van der Waals surface area (Å²) in [6.07, 6.45) is 1.32. The van der Waals surface area contributed by atoms with E-state index in [1.165, 1.54) is 11.5 Å². The molecule has 0 aliphatic heterocycles. The third kappa shape index (κ3) is 57.3. The van der Waals surface area contributed by atoms with Crippen molar-refractivity contribution in [3.05, 3.63) is 0 Å². The molecule has 40 valence electrons. The van der Waals surface area contributed by atoms with E-state index in [2.05, 4.69) is 56.2 Å². The fourth-order valence-corrected chi connectivity index (χ4v) is 0. The Morgan fingerprint density at radius 3 is 1.50 bits per heavy atom. The summed E-state index contributed by atoms with van der Waals surface area (Å²) in [6, 6.07) is 0. The van der Waals surface area contributed by atoms with Crippen LogP contribution in [0.15, 0.2) is 0 Å². The van der Waals surface area contributed by atoms with Crippen LogP contribution in [-0.4, -0.2) is 35.4 Å². The molecule has 0 spiro atoms. The SMILES string of the molecule is [Li][CH2]CC.[Li][CH](C)C. The maximum atomic E-state index is 2.18. The predicted molar refractivity (Wildman–Crippen MR) is 41.7 cm³/mol. The van der Waals surface area contributed by atoms with Crippen LogP contribution in [0.3, 0.4) is 0 Å². The molecule has 0 N–H and O–H groups in total. The van der Waals surface area contributed by atoms with Gasteiger partial charge in [0.15, 0.2) is 0 Å². The molecule has 0 nitrogen and oxygen atoms in total. The van der Waals surface area contributed by atoms with Gasteiger partial charge in [-0.15, -0.1) is 0 Å². The molecule has 0 radical (unpaired) electrons. The number of hydrogen-bond acceptors (Lipinski definition) is 0. The molecule has 0 saturated carbocycles. The summed E-state index contributed by atoms with van der Waals surface area (Å²) in [4.78, 5) is 0. The van der Waals surface area contributed by atoms with E-state index in [0.717, 1.165) is 4.59 Å². The van der Waals surface area contributed by atoms with Crippen molar-refractivity contribution in [2.45, 2.75) is 36.9 Å². The van der Waals surface area contributed by atoms with Crippen LogP contribution in [0.1, 0.15) is 27.2 Å². The molecule has 0 aliphatic carbocycles. The first kappa shape index (κ1) is 11.9. The molecule has 0 unspecified atom stereocenters. The summed E-state index contributed by atoms with van der Waals surface area (Å²) in [6.45, 7) is 6.51. The standard InChI is InChI=1S/2C3H7.2Li/c2*1-3-2;;/h3H,1-2H3;1,3H2,2H3;;. The topological polar surface area (TPSA) is 0 Å². The zero-order valence-electron chi connectivity index (χ0n) is 6.99. The minimum atomic E-state index is 0.833. The summed E-state index contributed by atoms with van der Waals surface area (Å²) < 4.78 is 0.833. The quantitative estimate of drug-likeness (QED) is 0.442. The molecule has 2 heteroatoms. The van der Waals surface area contributed by atoms with Gasteiger partial charge in [-0.25, -0.2) is 0 Å². The Bertz CT molecular complexity index is 23.0. The molecule has 8 heavy (non-hydrogen) atoms. The van der Waals surface area contributed by atoms with Gasteiger partial charge in [-0.05, 0) is 0 Å². The minimum absolute atomic E-state index is 0.833. The Balaban J connectivity index is 0. The molecule has 0 fully saturated rings. The van der Waals surface area contributed by atoms with Crippen LogP contribution < -0.4 is 0 Å². The van der Waals surface area contributed by atoms with E-state index >= 15 is 0 Å². The Morgan fingerprint density at radius 1 is 1.38 bits per heavy atom. The first-order valence-electron chi connectivity index (χ1n) is 3.65. The van der Waals surface area contributed by atoms with Crippen molar-refractivity contribution >= 4 is 35.4 Å². The molecule has 0 amide bonds. The van der Waals surface area contributed by atoms with Gasteiger partial charge in [-0.2, -0.15) is 0 Å². The summed E-state index contributed by atoms with van der Waals surface area (Å²) in [7, 11) is 0. The van der Waals surface area contributed by atoms with Crippen molar-refractivity contribution in [3.63, 3.8) is 0 Å². The van der Waals surface area contributed by atoms with Crippen molar-refractivity contribution in [3.8, 4) is 0 Å². The number of hydrogen-bond donors (Lipinski definition) is 0. The van der Waals surface area contributed by atoms with Crippen LogP contribution in [0.2, 0.25) is 9.68 Å². The Morgan fingerprint density at radius 2 is 1.50 bits per heavy atom. The van der Waals surface area contributed by atoms with Gasteiger partial charge in [0.25, 0.3) is 0 Å². The fraction of sp³-hybridized carbons (Fsp3) is 1.00. The molecule has 0 bridgehead atoms. The van der Waals surface area contributed by atoms with E-state index in [0.29, 0.717) is 0 Å². The normalized spacial score (nSPS) is 8.50. The van der Waals surface area contributed by atoms with Crippen molar-refractivity contribution in [1.82, 2.24) is 0 Å². The van der Waals surface area contributed by atoms with Crippen molar-refractivity contribution < 1.29 is 0 Å². The average Bonchev–Trinajstić information content (AvgIpc) is 1.65. The zero-order valence-corrected chi connectivity index (χ0v) is 6.99. The molecular weight excluding hydrogens is 85.9 g/mol. The maximum absolute atomic E-state index is 2.18. The van der Waals surface area contributed by atoms with Crippen molar-refractivity contribution in [2.75, 3.05) is 0 Å². The van der Waals surface area contributed by atoms with Gasteiger partial charge in [0.1, 0.15) is 0 Å². The predicted octanol–water partition coefficient (Wildman–Crippen LogP) is 1.97. The van der Waals surface area contributed by atoms with Crippen LogP contribution in [0.25, 0.3) is 0 Å². The molecule has 0 heterocycles. The third-order valence-corrected chi connectivity index (χ3v) is 0.500. The Kier molecular flexibility index (Phi) is 16.5. The van der Waals surface area contributed by atoms with Gasteiger partial charge < -0.3 is 0 Å². The van der Waals surface area contributed by atoms with E-state index in [9.17, 15) is 0 Å². The van der Waals surface area contributed by atoms with Crippen LogP contribution in [0, 0.1) is 0 Å². The van der Waals surface area contributed by atoms with E-state index in [4.69, 9.17) is 0 Å². The average molecular weight is 100 g/mol. The Labute approximate surface area is 72.2 Å². The fourth-order valence-electron chi connectivity index (χ4n) is 0. The summed E-state index contributed by atoms with van der Waals surface area (Å²) >= 11 is 4.35. The van der Waals surface area contributed by atoms with E-state index in [1.54, 1.807) is 0 Å². The third-order valence-electron chi connectivity index (χ3n) is 0.500. The van der Waals surface area contributed by atoms with E-state index < -0.39 is 0 Å². The van der Waals surface area contributed by atoms with E-state index in [1.807, 2.05) is 0 Å². The molecule has 0 aliphatic rings. The van der Waals surface area contributed by atoms with Gasteiger partial charge in [-0.3, -0.25) is 0 Å². The van der Waals surface area contributed by atoms with Gasteiger partial charge >= 0.3 is 72.3 Å². The van der Waals surface area contributed by atoms with Crippen LogP contribution in [0.4, 0.5) is 0 Å². The first-order chi connectivity index (χ1) is 3.65. The monoisotopic (exact) mass is 100 g/mol. The molecular formula is C6H14Li2. The molecule has 0 saturated heterocycles. The molecule has 0 rings (SSSR count). The van der Waals surface area contributed by atoms with Crippen molar-refractivity contribution in [2.24, 2.45) is 0 Å². The van der Waals surface area contributed by atoms with Gasteiger partial charge in [0.05, 0.1) is 0 Å². The summed E-state index contributed by atoms with van der Waals surface area (Å²) in [5.74, 6) is 0. The zero-order chi connectivity index (χ0) is 6.99. The molecule has 0 atom stereocenters. The van der Waals surface area contributed by atoms with Crippen molar-refractivity contribution in [1.29, 1.82) is 0 Å². The van der Waals surface area contributed by atoms with Gasteiger partial charge in [0, 0.05) is 0 Å². The first-order valence-corrected chi connectivity index (χ1v) is 3.65. The molecule has 0 aromatic heterocycles. The van der Waals surface area contributed by atoms with Crippen LogP contribution in [-0.2, 0) is 0 Å². The summed E-state index contributed by atoms with van der Waals surface area (Å²) in [5.41, 5.74) is 0.